The zero-order chi connectivity index (χ0) is 15.4. The van der Waals surface area contributed by atoms with Gasteiger partial charge in [-0.2, -0.15) is 0 Å². The van der Waals surface area contributed by atoms with E-state index in [2.05, 4.69) is 24.1 Å². The Labute approximate surface area is 126 Å². The Hall–Kier alpha value is -1.00. The molecule has 1 saturated heterocycles. The van der Waals surface area contributed by atoms with Gasteiger partial charge in [0.2, 0.25) is 0 Å². The second-order valence-electron chi connectivity index (χ2n) is 6.38. The average molecular weight is 296 g/mol. The van der Waals surface area contributed by atoms with Crippen LogP contribution >= 0.6 is 0 Å². The predicted molar refractivity (Wildman–Crippen MR) is 82.2 cm³/mol. The summed E-state index contributed by atoms with van der Waals surface area (Å²) in [7, 11) is 1.98. The fourth-order valence-electron chi connectivity index (χ4n) is 3.27. The van der Waals surface area contributed by atoms with Gasteiger partial charge < -0.3 is 5.32 Å². The van der Waals surface area contributed by atoms with Gasteiger partial charge in [-0.15, -0.1) is 0 Å². The molecule has 1 aliphatic rings. The fraction of sp³-hybridized carbons (Fsp3) is 0.647. The molecule has 0 aromatic heterocycles. The third-order valence-corrected chi connectivity index (χ3v) is 4.34. The summed E-state index contributed by atoms with van der Waals surface area (Å²) >= 11 is 0. The maximum Gasteiger partial charge on any atom is 0.130 e. The highest BCUT2D eigenvalue weighted by atomic mass is 19.1. The third kappa shape index (κ3) is 4.01. The number of hydrogen-bond donors (Lipinski definition) is 1. The van der Waals surface area contributed by atoms with E-state index in [1.54, 1.807) is 0 Å². The van der Waals surface area contributed by atoms with Crippen molar-refractivity contribution >= 4 is 0 Å². The standard InChI is InChI=1S/C17H26F2N2/c1-12(2)20-11-13-7-4-5-10-21(3)17(13)16-14(18)8-6-9-15(16)19/h6,8-9,12-13,17,20H,4-5,7,10-11H2,1-3H3. The molecule has 0 bridgehead atoms. The number of nitrogens with one attached hydrogen (secondary N) is 1. The lowest BCUT2D eigenvalue weighted by molar-refractivity contribution is 0.178. The molecule has 1 aromatic rings. The SMILES string of the molecule is CC(C)NCC1CCCCN(C)C1c1c(F)cccc1F. The lowest BCUT2D eigenvalue weighted by atomic mass is 9.88. The molecule has 2 nitrogen and oxygen atoms in total. The first-order valence-corrected chi connectivity index (χ1v) is 7.88. The highest BCUT2D eigenvalue weighted by Gasteiger charge is 2.32. The van der Waals surface area contributed by atoms with Crippen LogP contribution in [-0.2, 0) is 0 Å². The predicted octanol–water partition coefficient (Wildman–Crippen LogP) is 3.74. The van der Waals surface area contributed by atoms with E-state index in [0.29, 0.717) is 6.04 Å². The quantitative estimate of drug-likeness (QED) is 0.910. The van der Waals surface area contributed by atoms with Gasteiger partial charge in [0.1, 0.15) is 11.6 Å². The minimum Gasteiger partial charge on any atom is -0.314 e. The monoisotopic (exact) mass is 296 g/mol. The lowest BCUT2D eigenvalue weighted by Crippen LogP contribution is -2.37. The third-order valence-electron chi connectivity index (χ3n) is 4.34. The van der Waals surface area contributed by atoms with Crippen LogP contribution in [-0.4, -0.2) is 31.1 Å². The molecule has 0 radical (unpaired) electrons. The van der Waals surface area contributed by atoms with E-state index >= 15 is 0 Å². The van der Waals surface area contributed by atoms with Crippen molar-refractivity contribution < 1.29 is 8.78 Å². The van der Waals surface area contributed by atoms with Crippen molar-refractivity contribution in [3.8, 4) is 0 Å². The van der Waals surface area contributed by atoms with Crippen molar-refractivity contribution in [2.75, 3.05) is 20.1 Å². The molecule has 21 heavy (non-hydrogen) atoms. The van der Waals surface area contributed by atoms with Crippen molar-refractivity contribution in [2.45, 2.75) is 45.2 Å². The molecule has 2 rings (SSSR count). The van der Waals surface area contributed by atoms with E-state index in [1.807, 2.05) is 7.05 Å². The summed E-state index contributed by atoms with van der Waals surface area (Å²) in [6.07, 6.45) is 3.20. The summed E-state index contributed by atoms with van der Waals surface area (Å²) < 4.78 is 28.5. The van der Waals surface area contributed by atoms with Gasteiger partial charge in [0.05, 0.1) is 0 Å². The molecule has 1 heterocycles. The number of hydrogen-bond acceptors (Lipinski definition) is 2. The van der Waals surface area contributed by atoms with Gasteiger partial charge in [0, 0.05) is 24.2 Å². The van der Waals surface area contributed by atoms with Crippen LogP contribution in [0.3, 0.4) is 0 Å². The van der Waals surface area contributed by atoms with Crippen molar-refractivity contribution in [1.82, 2.24) is 10.2 Å². The average Bonchev–Trinajstić information content (AvgIpc) is 2.59. The largest absolute Gasteiger partial charge is 0.314 e. The Kier molecular flexibility index (Phi) is 5.71. The maximum atomic E-state index is 14.2. The molecule has 1 N–H and O–H groups in total. The molecule has 1 aromatic carbocycles. The second-order valence-corrected chi connectivity index (χ2v) is 6.38. The molecule has 1 fully saturated rings. The van der Waals surface area contributed by atoms with Gasteiger partial charge >= 0.3 is 0 Å². The summed E-state index contributed by atoms with van der Waals surface area (Å²) in [6.45, 7) is 5.87. The van der Waals surface area contributed by atoms with Crippen molar-refractivity contribution in [3.05, 3.63) is 35.4 Å². The first-order chi connectivity index (χ1) is 10.0. The van der Waals surface area contributed by atoms with Gasteiger partial charge in [-0.1, -0.05) is 26.3 Å². The van der Waals surface area contributed by atoms with Gasteiger partial charge in [-0.05, 0) is 44.5 Å². The molecule has 4 heteroatoms. The van der Waals surface area contributed by atoms with E-state index < -0.39 is 11.6 Å². The van der Waals surface area contributed by atoms with E-state index in [9.17, 15) is 8.78 Å². The summed E-state index contributed by atoms with van der Waals surface area (Å²) in [5, 5.41) is 3.43. The molecule has 2 atom stereocenters. The van der Waals surface area contributed by atoms with Crippen LogP contribution < -0.4 is 5.32 Å². The Bertz CT molecular complexity index is 442. The zero-order valence-corrected chi connectivity index (χ0v) is 13.2. The van der Waals surface area contributed by atoms with Crippen molar-refractivity contribution in [3.63, 3.8) is 0 Å². The summed E-state index contributed by atoms with van der Waals surface area (Å²) in [5.41, 5.74) is 0.234. The fourth-order valence-corrected chi connectivity index (χ4v) is 3.27. The van der Waals surface area contributed by atoms with Crippen molar-refractivity contribution in [2.24, 2.45) is 5.92 Å². The van der Waals surface area contributed by atoms with Gasteiger partial charge in [-0.3, -0.25) is 4.90 Å². The van der Waals surface area contributed by atoms with Gasteiger partial charge in [-0.25, -0.2) is 8.78 Å². The topological polar surface area (TPSA) is 15.3 Å². The normalized spacial score (nSPS) is 24.3. The molecule has 0 spiro atoms. The minimum absolute atomic E-state index is 0.194. The van der Waals surface area contributed by atoms with Gasteiger partial charge in [0.15, 0.2) is 0 Å². The van der Waals surface area contributed by atoms with E-state index in [-0.39, 0.29) is 17.5 Å². The molecule has 0 saturated carbocycles. The summed E-state index contributed by atoms with van der Waals surface area (Å²) in [5.74, 6) is -0.627. The van der Waals surface area contributed by atoms with Crippen molar-refractivity contribution in [1.29, 1.82) is 0 Å². The Morgan fingerprint density at radius 2 is 1.90 bits per heavy atom. The van der Waals surface area contributed by atoms with Crippen LogP contribution in [0.4, 0.5) is 8.78 Å². The molecule has 0 amide bonds. The van der Waals surface area contributed by atoms with E-state index in [1.165, 1.54) is 18.2 Å². The Balaban J connectivity index is 2.32. The van der Waals surface area contributed by atoms with Crippen LogP contribution in [0.5, 0.6) is 0 Å². The Morgan fingerprint density at radius 1 is 1.24 bits per heavy atom. The molecule has 1 aliphatic heterocycles. The second kappa shape index (κ2) is 7.32. The van der Waals surface area contributed by atoms with E-state index in [0.717, 1.165) is 32.4 Å². The minimum atomic E-state index is -0.428. The molecular formula is C17H26F2N2. The first kappa shape index (κ1) is 16.4. The lowest BCUT2D eigenvalue weighted by Gasteiger charge is -2.33. The van der Waals surface area contributed by atoms with E-state index in [4.69, 9.17) is 0 Å². The molecule has 118 valence electrons. The van der Waals surface area contributed by atoms with Crippen LogP contribution in [0.1, 0.15) is 44.7 Å². The highest BCUT2D eigenvalue weighted by Crippen LogP contribution is 2.36. The van der Waals surface area contributed by atoms with Crippen LogP contribution in [0.15, 0.2) is 18.2 Å². The van der Waals surface area contributed by atoms with Gasteiger partial charge in [0.25, 0.3) is 0 Å². The number of rotatable bonds is 4. The summed E-state index contributed by atoms with van der Waals surface area (Å²) in [6, 6.07) is 4.35. The van der Waals surface area contributed by atoms with Crippen LogP contribution in [0.2, 0.25) is 0 Å². The highest BCUT2D eigenvalue weighted by molar-refractivity contribution is 5.24. The number of likely N-dealkylation sites (tertiary alicyclic amines) is 1. The molecule has 0 aliphatic carbocycles. The number of nitrogens with zero attached hydrogens (tertiary/aromatic N) is 1. The summed E-state index contributed by atoms with van der Waals surface area (Å²) in [4.78, 5) is 2.11. The first-order valence-electron chi connectivity index (χ1n) is 7.88. The maximum absolute atomic E-state index is 14.2. The number of halogens is 2. The number of benzene rings is 1. The molecule has 2 unspecified atom stereocenters. The van der Waals surface area contributed by atoms with Crippen LogP contribution in [0, 0.1) is 17.6 Å². The zero-order valence-electron chi connectivity index (χ0n) is 13.2. The van der Waals surface area contributed by atoms with Crippen LogP contribution in [0.25, 0.3) is 0 Å². The Morgan fingerprint density at radius 3 is 2.52 bits per heavy atom. The molecular weight excluding hydrogens is 270 g/mol. The smallest absolute Gasteiger partial charge is 0.130 e.